The summed E-state index contributed by atoms with van der Waals surface area (Å²) in [6.07, 6.45) is 6.25. The number of carbonyl (C=O) groups is 1. The predicted octanol–water partition coefficient (Wildman–Crippen LogP) is 3.37. The second-order valence-electron chi connectivity index (χ2n) is 5.29. The Morgan fingerprint density at radius 2 is 1.93 bits per heavy atom. The number of Topliss-reactive ketones (excluding diaryl/α,β-unsaturated/α-hetero) is 1. The minimum atomic E-state index is 0.167. The minimum absolute atomic E-state index is 0.167. The molecule has 0 aromatic heterocycles. The maximum Gasteiger partial charge on any atom is 0.159 e. The molecule has 0 fully saturated rings. The van der Waals surface area contributed by atoms with E-state index in [2.05, 4.69) is 39.8 Å². The Morgan fingerprint density at radius 3 is 2.29 bits per heavy atom. The number of carbonyl (C=O) groups excluding carboxylic acids is 1. The van der Waals surface area contributed by atoms with E-state index in [0.717, 1.165) is 5.57 Å². The van der Waals surface area contributed by atoms with E-state index in [9.17, 15) is 4.79 Å². The van der Waals surface area contributed by atoms with Gasteiger partial charge in [0, 0.05) is 5.57 Å². The van der Waals surface area contributed by atoms with E-state index in [0.29, 0.717) is 11.8 Å². The van der Waals surface area contributed by atoms with Gasteiger partial charge in [-0.25, -0.2) is 0 Å². The monoisotopic (exact) mass is 192 g/mol. The lowest BCUT2D eigenvalue weighted by Gasteiger charge is -2.34. The van der Waals surface area contributed by atoms with Gasteiger partial charge >= 0.3 is 0 Å². The molecule has 1 nitrogen and oxygen atoms in total. The van der Waals surface area contributed by atoms with Crippen molar-refractivity contribution in [1.29, 1.82) is 0 Å². The summed E-state index contributed by atoms with van der Waals surface area (Å²) in [5.74, 6) is 1.16. The van der Waals surface area contributed by atoms with Gasteiger partial charge in [-0.15, -0.1) is 0 Å². The Morgan fingerprint density at radius 1 is 1.36 bits per heavy atom. The topological polar surface area (TPSA) is 17.1 Å². The fourth-order valence-electron chi connectivity index (χ4n) is 2.14. The third-order valence-electron chi connectivity index (χ3n) is 2.90. The van der Waals surface area contributed by atoms with E-state index in [1.54, 1.807) is 6.92 Å². The maximum absolute atomic E-state index is 11.2. The summed E-state index contributed by atoms with van der Waals surface area (Å²) in [6, 6.07) is 0. The van der Waals surface area contributed by atoms with Crippen molar-refractivity contribution >= 4 is 5.78 Å². The van der Waals surface area contributed by atoms with Gasteiger partial charge in [0.2, 0.25) is 0 Å². The largest absolute Gasteiger partial charge is 0.295 e. The van der Waals surface area contributed by atoms with Gasteiger partial charge in [0.25, 0.3) is 0 Å². The van der Waals surface area contributed by atoms with Crippen molar-refractivity contribution in [3.8, 4) is 0 Å². The summed E-state index contributed by atoms with van der Waals surface area (Å²) in [7, 11) is 0. The molecule has 2 atom stereocenters. The lowest BCUT2D eigenvalue weighted by atomic mass is 9.71. The van der Waals surface area contributed by atoms with Crippen LogP contribution < -0.4 is 0 Å². The molecule has 2 unspecified atom stereocenters. The van der Waals surface area contributed by atoms with Crippen LogP contribution in [0.2, 0.25) is 0 Å². The Kier molecular flexibility index (Phi) is 2.98. The summed E-state index contributed by atoms with van der Waals surface area (Å²) in [5.41, 5.74) is 1.13. The van der Waals surface area contributed by atoms with Gasteiger partial charge in [-0.05, 0) is 24.2 Å². The van der Waals surface area contributed by atoms with Crippen molar-refractivity contribution in [3.63, 3.8) is 0 Å². The number of hydrogen-bond donors (Lipinski definition) is 0. The number of ketones is 1. The quantitative estimate of drug-likeness (QED) is 0.622. The van der Waals surface area contributed by atoms with Gasteiger partial charge in [0.15, 0.2) is 5.78 Å². The van der Waals surface area contributed by atoms with Crippen LogP contribution in [0.25, 0.3) is 0 Å². The highest BCUT2D eigenvalue weighted by Crippen LogP contribution is 2.36. The zero-order valence-corrected chi connectivity index (χ0v) is 9.79. The van der Waals surface area contributed by atoms with Crippen molar-refractivity contribution in [3.05, 3.63) is 23.8 Å². The first kappa shape index (κ1) is 11.2. The molecule has 0 radical (unpaired) electrons. The molecule has 0 aliphatic heterocycles. The van der Waals surface area contributed by atoms with Crippen molar-refractivity contribution in [2.24, 2.45) is 17.3 Å². The zero-order valence-electron chi connectivity index (χ0n) is 9.79. The Hall–Kier alpha value is -0.850. The van der Waals surface area contributed by atoms with E-state index < -0.39 is 0 Å². The average Bonchev–Trinajstić information content (AvgIpc) is 2.01. The molecule has 1 aliphatic rings. The third-order valence-corrected chi connectivity index (χ3v) is 2.90. The van der Waals surface area contributed by atoms with E-state index in [1.165, 1.54) is 0 Å². The van der Waals surface area contributed by atoms with Crippen LogP contribution in [0.5, 0.6) is 0 Å². The van der Waals surface area contributed by atoms with E-state index in [4.69, 9.17) is 0 Å². The van der Waals surface area contributed by atoms with Crippen molar-refractivity contribution < 1.29 is 4.79 Å². The molecule has 0 spiro atoms. The average molecular weight is 192 g/mol. The molecular formula is C13H20O. The summed E-state index contributed by atoms with van der Waals surface area (Å²) in [5, 5.41) is 0. The summed E-state index contributed by atoms with van der Waals surface area (Å²) >= 11 is 0. The number of hydrogen-bond acceptors (Lipinski definition) is 1. The zero-order chi connectivity index (χ0) is 10.9. The third kappa shape index (κ3) is 2.34. The number of allylic oxidation sites excluding steroid dienone is 4. The number of rotatable bonds is 1. The van der Waals surface area contributed by atoms with Gasteiger partial charge < -0.3 is 0 Å². The molecule has 0 saturated heterocycles. The first-order chi connectivity index (χ1) is 6.32. The molecule has 1 aliphatic carbocycles. The van der Waals surface area contributed by atoms with Crippen LogP contribution >= 0.6 is 0 Å². The van der Waals surface area contributed by atoms with Crippen LogP contribution in [-0.4, -0.2) is 5.78 Å². The highest BCUT2D eigenvalue weighted by atomic mass is 16.1. The molecule has 0 amide bonds. The maximum atomic E-state index is 11.2. The lowest BCUT2D eigenvalue weighted by molar-refractivity contribution is -0.113. The van der Waals surface area contributed by atoms with Gasteiger partial charge in [0.1, 0.15) is 0 Å². The van der Waals surface area contributed by atoms with Crippen molar-refractivity contribution in [1.82, 2.24) is 0 Å². The summed E-state index contributed by atoms with van der Waals surface area (Å²) in [4.78, 5) is 11.2. The molecule has 0 aromatic rings. The standard InChI is InChI=1S/C13H20O/c1-9-8-11(10(2)14)6-7-12(9)13(3,4)5/h6-9,12H,1-5H3. The normalized spacial score (nSPS) is 27.4. The van der Waals surface area contributed by atoms with Crippen molar-refractivity contribution in [2.75, 3.05) is 0 Å². The van der Waals surface area contributed by atoms with E-state index in [-0.39, 0.29) is 11.2 Å². The summed E-state index contributed by atoms with van der Waals surface area (Å²) < 4.78 is 0. The molecule has 0 aromatic carbocycles. The predicted molar refractivity (Wildman–Crippen MR) is 60.0 cm³/mol. The molecule has 0 N–H and O–H groups in total. The van der Waals surface area contributed by atoms with Crippen molar-refractivity contribution in [2.45, 2.75) is 34.6 Å². The Bertz CT molecular complexity index is 289. The van der Waals surface area contributed by atoms with Crippen LogP contribution in [-0.2, 0) is 4.79 Å². The van der Waals surface area contributed by atoms with E-state index in [1.807, 2.05) is 6.08 Å². The van der Waals surface area contributed by atoms with Gasteiger partial charge in [-0.3, -0.25) is 4.79 Å². The van der Waals surface area contributed by atoms with Gasteiger partial charge in [0.05, 0.1) is 0 Å². The van der Waals surface area contributed by atoms with Gasteiger partial charge in [-0.2, -0.15) is 0 Å². The molecule has 0 saturated carbocycles. The smallest absolute Gasteiger partial charge is 0.159 e. The first-order valence-electron chi connectivity index (χ1n) is 5.23. The lowest BCUT2D eigenvalue weighted by Crippen LogP contribution is -2.26. The minimum Gasteiger partial charge on any atom is -0.295 e. The van der Waals surface area contributed by atoms with Crippen LogP contribution in [0, 0.1) is 17.3 Å². The SMILES string of the molecule is CC(=O)C1=CC(C)C(C(C)(C)C)C=C1. The van der Waals surface area contributed by atoms with Gasteiger partial charge in [-0.1, -0.05) is 45.9 Å². The second-order valence-corrected chi connectivity index (χ2v) is 5.29. The highest BCUT2D eigenvalue weighted by molar-refractivity contribution is 5.96. The fourth-order valence-corrected chi connectivity index (χ4v) is 2.14. The molecule has 14 heavy (non-hydrogen) atoms. The second kappa shape index (κ2) is 3.72. The summed E-state index contributed by atoms with van der Waals surface area (Å²) in [6.45, 7) is 10.5. The Balaban J connectivity index is 2.87. The highest BCUT2D eigenvalue weighted by Gasteiger charge is 2.28. The van der Waals surface area contributed by atoms with Crippen LogP contribution in [0.15, 0.2) is 23.8 Å². The molecule has 1 rings (SSSR count). The molecular weight excluding hydrogens is 172 g/mol. The van der Waals surface area contributed by atoms with Crippen LogP contribution in [0.1, 0.15) is 34.6 Å². The Labute approximate surface area is 86.9 Å². The molecule has 0 bridgehead atoms. The molecule has 0 heterocycles. The van der Waals surface area contributed by atoms with Crippen LogP contribution in [0.3, 0.4) is 0 Å². The molecule has 1 heteroatoms. The van der Waals surface area contributed by atoms with Crippen LogP contribution in [0.4, 0.5) is 0 Å². The molecule has 78 valence electrons. The fraction of sp³-hybridized carbons (Fsp3) is 0.615. The first-order valence-corrected chi connectivity index (χ1v) is 5.23. The van der Waals surface area contributed by atoms with E-state index >= 15 is 0 Å².